The third kappa shape index (κ3) is 13.5. The molecule has 78 valence electrons. The fraction of sp³-hybridized carbons (Fsp3) is 0.143. The van der Waals surface area contributed by atoms with E-state index in [1.165, 1.54) is 12.1 Å². The first kappa shape index (κ1) is 16.9. The van der Waals surface area contributed by atoms with E-state index >= 15 is 0 Å². The molecule has 1 rings (SSSR count). The number of rotatable bonds is 1. The minimum Gasteiger partial charge on any atom is -0.286 e. The van der Waals surface area contributed by atoms with Crippen LogP contribution in [0.15, 0.2) is 24.3 Å². The average Bonchev–Trinajstić information content (AvgIpc) is 2.03. The normalized spacial score (nSPS) is 9.20. The van der Waals surface area contributed by atoms with Crippen molar-refractivity contribution in [2.24, 2.45) is 0 Å². The molecule has 0 bridgehead atoms. The second kappa shape index (κ2) is 7.77. The molecular weight excluding hydrogens is 233 g/mol. The van der Waals surface area contributed by atoms with E-state index in [0.29, 0.717) is 6.26 Å². The van der Waals surface area contributed by atoms with Crippen LogP contribution >= 0.6 is 0 Å². The molecule has 0 heterocycles. The van der Waals surface area contributed by atoms with Gasteiger partial charge >= 0.3 is 29.6 Å². The van der Waals surface area contributed by atoms with Crippen molar-refractivity contribution in [2.45, 2.75) is 0 Å². The summed E-state index contributed by atoms with van der Waals surface area (Å²) in [6.07, 6.45) is 0.715. The Bertz CT molecular complexity index is 383. The molecule has 0 amide bonds. The van der Waals surface area contributed by atoms with Gasteiger partial charge in [-0.05, 0) is 0 Å². The van der Waals surface area contributed by atoms with Gasteiger partial charge in [0.25, 0.3) is 10.1 Å². The summed E-state index contributed by atoms with van der Waals surface area (Å²) in [6, 6.07) is 8.56. The van der Waals surface area contributed by atoms with E-state index in [1.807, 2.05) is 0 Å². The molecule has 1 N–H and O–H groups in total. The molecule has 0 spiro atoms. The molecular formula is C7H8NNaO5S. The van der Waals surface area contributed by atoms with E-state index in [9.17, 15) is 18.5 Å². The molecule has 0 saturated heterocycles. The van der Waals surface area contributed by atoms with Gasteiger partial charge in [-0.2, -0.15) is 26.6 Å². The van der Waals surface area contributed by atoms with Gasteiger partial charge in [-0.3, -0.25) is 14.7 Å². The molecule has 0 saturated carbocycles. The van der Waals surface area contributed by atoms with Crippen molar-refractivity contribution in [3.05, 3.63) is 40.4 Å². The SMILES string of the molecule is CS(=O)(=O)O.O=[N+]([O-])c1c[c-]ccc1.[Na+]. The van der Waals surface area contributed by atoms with E-state index in [0.717, 1.165) is 0 Å². The molecule has 6 nitrogen and oxygen atoms in total. The largest absolute Gasteiger partial charge is 1.00 e. The summed E-state index contributed by atoms with van der Waals surface area (Å²) < 4.78 is 25.9. The first-order chi connectivity index (χ1) is 6.30. The van der Waals surface area contributed by atoms with Crippen LogP contribution in [0.5, 0.6) is 0 Å². The summed E-state index contributed by atoms with van der Waals surface area (Å²) in [5.41, 5.74) is 0.0810. The van der Waals surface area contributed by atoms with Gasteiger partial charge in [-0.15, -0.1) is 6.07 Å². The van der Waals surface area contributed by atoms with Crippen molar-refractivity contribution < 1.29 is 47.5 Å². The molecule has 0 aliphatic rings. The van der Waals surface area contributed by atoms with Crippen molar-refractivity contribution >= 4 is 15.8 Å². The van der Waals surface area contributed by atoms with Crippen LogP contribution in [-0.4, -0.2) is 24.1 Å². The zero-order valence-electron chi connectivity index (χ0n) is 8.25. The van der Waals surface area contributed by atoms with Gasteiger partial charge in [0.15, 0.2) is 5.69 Å². The molecule has 1 aromatic carbocycles. The van der Waals surface area contributed by atoms with Gasteiger partial charge in [-0.1, -0.05) is 6.07 Å². The number of nitro groups is 1. The van der Waals surface area contributed by atoms with Crippen LogP contribution in [-0.2, 0) is 10.1 Å². The molecule has 0 aliphatic carbocycles. The Balaban J connectivity index is 0. The van der Waals surface area contributed by atoms with E-state index in [-0.39, 0.29) is 35.2 Å². The summed E-state index contributed by atoms with van der Waals surface area (Å²) in [5.74, 6) is 0. The van der Waals surface area contributed by atoms with Gasteiger partial charge < -0.3 is 0 Å². The first-order valence-corrected chi connectivity index (χ1v) is 5.18. The first-order valence-electron chi connectivity index (χ1n) is 3.33. The van der Waals surface area contributed by atoms with E-state index < -0.39 is 15.0 Å². The summed E-state index contributed by atoms with van der Waals surface area (Å²) in [4.78, 5) is 9.54. The number of non-ortho nitro benzene ring substituents is 1. The standard InChI is InChI=1S/C6H4NO2.CH4O3S.Na/c8-7(9)6-4-2-1-3-5-6;1-5(2,3)4;/h1-2,4-5H;1H3,(H,2,3,4);/q-1;;+1. The Labute approximate surface area is 109 Å². The molecule has 0 fully saturated rings. The molecule has 0 aromatic heterocycles. The number of benzene rings is 1. The minimum atomic E-state index is -3.67. The van der Waals surface area contributed by atoms with Gasteiger partial charge in [0.05, 0.1) is 6.26 Å². The number of hydrogen-bond acceptors (Lipinski definition) is 4. The number of nitro benzene ring substituents is 1. The van der Waals surface area contributed by atoms with E-state index in [2.05, 4.69) is 6.07 Å². The molecule has 0 unspecified atom stereocenters. The number of nitrogens with zero attached hydrogens (tertiary/aromatic N) is 1. The number of hydrogen-bond donors (Lipinski definition) is 1. The maximum absolute atomic E-state index is 9.99. The van der Waals surface area contributed by atoms with Crippen LogP contribution in [0.3, 0.4) is 0 Å². The average molecular weight is 241 g/mol. The zero-order chi connectivity index (χ0) is 11.2. The Hall–Kier alpha value is -0.470. The second-order valence-corrected chi connectivity index (χ2v) is 3.72. The maximum atomic E-state index is 9.99. The van der Waals surface area contributed by atoms with Gasteiger partial charge in [0.1, 0.15) is 0 Å². The van der Waals surface area contributed by atoms with Crippen LogP contribution in [0.25, 0.3) is 0 Å². The Morgan fingerprint density at radius 2 is 2.00 bits per heavy atom. The molecule has 0 atom stereocenters. The fourth-order valence-corrected chi connectivity index (χ4v) is 0.497. The Morgan fingerprint density at radius 1 is 1.53 bits per heavy atom. The molecule has 15 heavy (non-hydrogen) atoms. The molecule has 1 aromatic rings. The molecule has 8 heteroatoms. The van der Waals surface area contributed by atoms with Crippen molar-refractivity contribution in [1.29, 1.82) is 0 Å². The summed E-state index contributed by atoms with van der Waals surface area (Å²) in [5, 5.41) is 9.99. The molecule has 0 aliphatic heterocycles. The third-order valence-corrected chi connectivity index (χ3v) is 0.901. The zero-order valence-corrected chi connectivity index (χ0v) is 11.1. The topological polar surface area (TPSA) is 97.5 Å². The summed E-state index contributed by atoms with van der Waals surface area (Å²) in [6.45, 7) is 0. The van der Waals surface area contributed by atoms with Crippen molar-refractivity contribution in [1.82, 2.24) is 0 Å². The quantitative estimate of drug-likeness (QED) is 0.200. The van der Waals surface area contributed by atoms with Gasteiger partial charge in [-0.25, -0.2) is 0 Å². The monoisotopic (exact) mass is 241 g/mol. The Kier molecular flexibility index (Phi) is 8.78. The Morgan fingerprint density at radius 3 is 2.20 bits per heavy atom. The van der Waals surface area contributed by atoms with Gasteiger partial charge in [0, 0.05) is 4.92 Å². The smallest absolute Gasteiger partial charge is 0.286 e. The van der Waals surface area contributed by atoms with Crippen molar-refractivity contribution in [3.8, 4) is 0 Å². The van der Waals surface area contributed by atoms with Gasteiger partial charge in [0.2, 0.25) is 0 Å². The van der Waals surface area contributed by atoms with Crippen LogP contribution in [0.4, 0.5) is 5.69 Å². The van der Waals surface area contributed by atoms with Crippen LogP contribution in [0.2, 0.25) is 0 Å². The maximum Gasteiger partial charge on any atom is 1.00 e. The van der Waals surface area contributed by atoms with Crippen LogP contribution in [0, 0.1) is 16.2 Å². The second-order valence-electron chi connectivity index (χ2n) is 2.25. The fourth-order valence-electron chi connectivity index (χ4n) is 0.497. The van der Waals surface area contributed by atoms with Crippen molar-refractivity contribution in [2.75, 3.05) is 6.26 Å². The summed E-state index contributed by atoms with van der Waals surface area (Å²) in [7, 11) is -3.67. The van der Waals surface area contributed by atoms with E-state index in [1.54, 1.807) is 12.1 Å². The predicted molar refractivity (Wildman–Crippen MR) is 49.4 cm³/mol. The van der Waals surface area contributed by atoms with Crippen LogP contribution < -0.4 is 29.6 Å². The van der Waals surface area contributed by atoms with E-state index in [4.69, 9.17) is 4.55 Å². The molecule has 0 radical (unpaired) electrons. The summed E-state index contributed by atoms with van der Waals surface area (Å²) >= 11 is 0. The predicted octanol–water partition coefficient (Wildman–Crippen LogP) is -2.10. The minimum absolute atomic E-state index is 0. The third-order valence-electron chi connectivity index (χ3n) is 0.901. The van der Waals surface area contributed by atoms with Crippen molar-refractivity contribution in [3.63, 3.8) is 0 Å². The van der Waals surface area contributed by atoms with Crippen LogP contribution in [0.1, 0.15) is 0 Å².